The predicted molar refractivity (Wildman–Crippen MR) is 200 cm³/mol. The van der Waals surface area contributed by atoms with Crippen LogP contribution in [0.1, 0.15) is 88.4 Å². The first-order chi connectivity index (χ1) is 25.1. The van der Waals surface area contributed by atoms with Crippen molar-refractivity contribution < 1.29 is 42.5 Å². The van der Waals surface area contributed by atoms with E-state index >= 15 is 0 Å². The van der Waals surface area contributed by atoms with Gasteiger partial charge in [0.05, 0.1) is 12.2 Å². The maximum atomic E-state index is 14.4. The fourth-order valence-electron chi connectivity index (χ4n) is 4.72. The van der Waals surface area contributed by atoms with Crippen LogP contribution in [0.5, 0.6) is 5.75 Å². The van der Waals surface area contributed by atoms with E-state index in [0.717, 1.165) is 51.5 Å². The molecule has 0 bridgehead atoms. The number of rotatable bonds is 23. The van der Waals surface area contributed by atoms with Gasteiger partial charge < -0.3 is 19.9 Å². The molecule has 52 heavy (non-hydrogen) atoms. The minimum absolute atomic E-state index is 0.0118. The summed E-state index contributed by atoms with van der Waals surface area (Å²) in [7, 11) is 0. The van der Waals surface area contributed by atoms with E-state index in [1.807, 2.05) is 12.2 Å². The molecule has 2 rings (SSSR count). The van der Waals surface area contributed by atoms with Gasteiger partial charge in [-0.1, -0.05) is 85.9 Å². The van der Waals surface area contributed by atoms with Gasteiger partial charge in [-0.25, -0.2) is 13.6 Å². The van der Waals surface area contributed by atoms with E-state index in [2.05, 4.69) is 73.0 Å². The van der Waals surface area contributed by atoms with Crippen LogP contribution in [0, 0.1) is 11.6 Å². The van der Waals surface area contributed by atoms with Crippen molar-refractivity contribution in [3.8, 4) is 16.9 Å². The maximum absolute atomic E-state index is 14.4. The second kappa shape index (κ2) is 25.6. The third-order valence-corrected chi connectivity index (χ3v) is 7.34. The summed E-state index contributed by atoms with van der Waals surface area (Å²) in [5.41, 5.74) is -0.0490. The molecule has 0 radical (unpaired) electrons. The number of halogens is 2. The number of hydrogen-bond donors (Lipinski definition) is 2. The third-order valence-electron chi connectivity index (χ3n) is 7.34. The fourth-order valence-corrected chi connectivity index (χ4v) is 4.72. The average Bonchev–Trinajstić information content (AvgIpc) is 3.10. The van der Waals surface area contributed by atoms with Crippen molar-refractivity contribution in [3.63, 3.8) is 0 Å². The largest absolute Gasteiger partial charge is 0.480 e. The zero-order valence-electron chi connectivity index (χ0n) is 29.9. The molecule has 1 unspecified atom stereocenters. The molecule has 278 valence electrons. The summed E-state index contributed by atoms with van der Waals surface area (Å²) in [5, 5.41) is 12.1. The summed E-state index contributed by atoms with van der Waals surface area (Å²) in [5.74, 6) is -5.19. The van der Waals surface area contributed by atoms with Gasteiger partial charge >= 0.3 is 17.9 Å². The quantitative estimate of drug-likeness (QED) is 0.0509. The topological polar surface area (TPSA) is 119 Å². The number of nitrogens with one attached hydrogen (secondary N) is 1. The van der Waals surface area contributed by atoms with Crippen molar-refractivity contribution in [2.24, 2.45) is 0 Å². The summed E-state index contributed by atoms with van der Waals surface area (Å²) in [6.07, 6.45) is 31.6. The Kier molecular flexibility index (Phi) is 21.0. The number of benzene rings is 2. The number of amides is 1. The lowest BCUT2D eigenvalue weighted by Gasteiger charge is -2.17. The number of carboxylic acid groups (broad SMARTS) is 1. The van der Waals surface area contributed by atoms with Gasteiger partial charge in [0.1, 0.15) is 23.4 Å². The smallest absolute Gasteiger partial charge is 0.326 e. The van der Waals surface area contributed by atoms with Crippen LogP contribution in [0.15, 0.2) is 109 Å². The number of ether oxygens (including phenoxy) is 2. The van der Waals surface area contributed by atoms with Crippen molar-refractivity contribution in [2.45, 2.75) is 84.1 Å². The molecule has 1 amide bonds. The van der Waals surface area contributed by atoms with Gasteiger partial charge in [-0.15, -0.1) is 0 Å². The molecule has 0 saturated carbocycles. The SMILES string of the molecule is CCC=CCC=CCC=CCC=CCC=CCC=CCCC(=O)OCCCC(NC(=O)c1cc(-c2ccc(F)cc2F)ccc1OC(C)=O)C(=O)O. The van der Waals surface area contributed by atoms with Crippen LogP contribution in [0.2, 0.25) is 0 Å². The van der Waals surface area contributed by atoms with Crippen molar-refractivity contribution in [3.05, 3.63) is 127 Å². The number of carboxylic acids is 1. The first-order valence-corrected chi connectivity index (χ1v) is 17.5. The van der Waals surface area contributed by atoms with Gasteiger partial charge in [-0.3, -0.25) is 14.4 Å². The first-order valence-electron chi connectivity index (χ1n) is 17.5. The van der Waals surface area contributed by atoms with E-state index in [1.54, 1.807) is 0 Å². The lowest BCUT2D eigenvalue weighted by molar-refractivity contribution is -0.143. The van der Waals surface area contributed by atoms with Gasteiger partial charge in [0.25, 0.3) is 5.91 Å². The van der Waals surface area contributed by atoms with Crippen LogP contribution in [0.4, 0.5) is 8.78 Å². The Balaban J connectivity index is 1.71. The zero-order valence-corrected chi connectivity index (χ0v) is 29.9. The Morgan fingerprint density at radius 1 is 0.788 bits per heavy atom. The number of aliphatic carboxylic acids is 1. The number of allylic oxidation sites excluding steroid dienone is 12. The number of hydrogen-bond acceptors (Lipinski definition) is 6. The Hall–Kier alpha value is -5.38. The van der Waals surface area contributed by atoms with Crippen molar-refractivity contribution in [1.82, 2.24) is 5.32 Å². The molecule has 0 heterocycles. The average molecular weight is 718 g/mol. The van der Waals surface area contributed by atoms with E-state index in [9.17, 15) is 33.1 Å². The van der Waals surface area contributed by atoms with Crippen LogP contribution < -0.4 is 10.1 Å². The van der Waals surface area contributed by atoms with Gasteiger partial charge in [-0.05, 0) is 87.6 Å². The number of carbonyl (C=O) groups is 4. The number of carbonyl (C=O) groups excluding carboxylic acids is 3. The molecule has 0 spiro atoms. The van der Waals surface area contributed by atoms with Gasteiger partial charge in [0.2, 0.25) is 0 Å². The predicted octanol–water partition coefficient (Wildman–Crippen LogP) is 9.54. The number of esters is 2. The monoisotopic (exact) mass is 717 g/mol. The summed E-state index contributed by atoms with van der Waals surface area (Å²) in [6, 6.07) is 5.45. The molecular formula is C42H49F2NO7. The van der Waals surface area contributed by atoms with E-state index < -0.39 is 41.5 Å². The highest BCUT2D eigenvalue weighted by Gasteiger charge is 2.24. The van der Waals surface area contributed by atoms with E-state index in [0.29, 0.717) is 12.5 Å². The maximum Gasteiger partial charge on any atom is 0.326 e. The molecule has 0 aliphatic rings. The van der Waals surface area contributed by atoms with Crippen LogP contribution in [0.3, 0.4) is 0 Å². The van der Waals surface area contributed by atoms with Crippen LogP contribution >= 0.6 is 0 Å². The molecule has 0 aliphatic heterocycles. The summed E-state index contributed by atoms with van der Waals surface area (Å²) >= 11 is 0. The Morgan fingerprint density at radius 2 is 1.37 bits per heavy atom. The van der Waals surface area contributed by atoms with Gasteiger partial charge in [-0.2, -0.15) is 0 Å². The molecule has 2 aromatic rings. The third kappa shape index (κ3) is 18.0. The standard InChI is InChI=1S/C42H49F2NO7/c1-3-4-5-6-7-8-9-10-11-12-13-14-15-16-17-18-19-20-21-24-40(47)51-29-22-23-38(42(49)50)45-41(48)36-30-33(25-28-39(36)52-32(2)46)35-27-26-34(43)31-37(35)44/h4-5,7-8,10-11,13-14,16-17,19-20,25-28,30-31,38H,3,6,9,12,15,18,21-24,29H2,1-2H3,(H,45,48)(H,49,50). The van der Waals surface area contributed by atoms with Gasteiger partial charge in [0.15, 0.2) is 0 Å². The van der Waals surface area contributed by atoms with Gasteiger partial charge in [0, 0.05) is 25.0 Å². The second-order valence-electron chi connectivity index (χ2n) is 11.6. The minimum Gasteiger partial charge on any atom is -0.480 e. The van der Waals surface area contributed by atoms with Crippen molar-refractivity contribution >= 4 is 23.8 Å². The van der Waals surface area contributed by atoms with Crippen LogP contribution in [0.25, 0.3) is 11.1 Å². The lowest BCUT2D eigenvalue weighted by atomic mass is 10.0. The summed E-state index contributed by atoms with van der Waals surface area (Å²) in [4.78, 5) is 48.8. The van der Waals surface area contributed by atoms with E-state index in [4.69, 9.17) is 9.47 Å². The van der Waals surface area contributed by atoms with Crippen LogP contribution in [-0.2, 0) is 19.1 Å². The molecule has 10 heteroatoms. The highest BCUT2D eigenvalue weighted by Crippen LogP contribution is 2.29. The summed E-state index contributed by atoms with van der Waals surface area (Å²) in [6.45, 7) is 3.21. The molecule has 0 fully saturated rings. The highest BCUT2D eigenvalue weighted by atomic mass is 19.1. The zero-order chi connectivity index (χ0) is 38.0. The molecule has 0 saturated heterocycles. The minimum atomic E-state index is -1.36. The normalized spacial score (nSPS) is 12.5. The molecule has 0 aliphatic carbocycles. The molecular weight excluding hydrogens is 668 g/mol. The fraction of sp³-hybridized carbons (Fsp3) is 0.333. The Labute approximate surface area is 305 Å². The Bertz CT molecular complexity index is 1640. The second-order valence-corrected chi connectivity index (χ2v) is 11.6. The lowest BCUT2D eigenvalue weighted by Crippen LogP contribution is -2.41. The molecule has 2 aromatic carbocycles. The summed E-state index contributed by atoms with van der Waals surface area (Å²) < 4.78 is 38.1. The Morgan fingerprint density at radius 3 is 1.90 bits per heavy atom. The highest BCUT2D eigenvalue weighted by molar-refractivity contribution is 6.00. The van der Waals surface area contributed by atoms with Crippen molar-refractivity contribution in [2.75, 3.05) is 6.61 Å². The van der Waals surface area contributed by atoms with E-state index in [-0.39, 0.29) is 48.3 Å². The molecule has 0 aromatic heterocycles. The van der Waals surface area contributed by atoms with E-state index in [1.165, 1.54) is 24.3 Å². The van der Waals surface area contributed by atoms with Crippen molar-refractivity contribution in [1.29, 1.82) is 0 Å². The molecule has 1 atom stereocenters. The van der Waals surface area contributed by atoms with Crippen LogP contribution in [-0.4, -0.2) is 41.6 Å². The first kappa shape index (κ1) is 42.8. The molecule has 8 nitrogen and oxygen atoms in total. The molecule has 2 N–H and O–H groups in total.